The van der Waals surface area contributed by atoms with Gasteiger partial charge in [0.25, 0.3) is 11.7 Å². The lowest BCUT2D eigenvalue weighted by Crippen LogP contribution is -2.46. The summed E-state index contributed by atoms with van der Waals surface area (Å²) in [5.41, 5.74) is -1.92. The van der Waals surface area contributed by atoms with E-state index < -0.39 is 117 Å². The zero-order valence-corrected chi connectivity index (χ0v) is 30.5. The number of carbonyl (C=O) groups is 4. The molecule has 5 rings (SSSR count). The highest BCUT2D eigenvalue weighted by molar-refractivity contribution is 6.23. The highest BCUT2D eigenvalue weighted by Crippen LogP contribution is 2.55. The number of methoxy groups -OCH3 is 1. The van der Waals surface area contributed by atoms with Gasteiger partial charge in [0.15, 0.2) is 12.0 Å². The Kier molecular flexibility index (Phi) is 11.3. The third-order valence-corrected chi connectivity index (χ3v) is 10.1. The zero-order chi connectivity index (χ0) is 39.9. The van der Waals surface area contributed by atoms with Crippen LogP contribution in [0.5, 0.6) is 23.0 Å². The minimum atomic E-state index is -2.13. The molecule has 6 N–H and O–H groups in total. The smallest absolute Gasteiger partial charge is 0.312 e. The number of allylic oxidation sites excluding steroid dienone is 2. The first-order valence-electron chi connectivity index (χ1n) is 17.3. The summed E-state index contributed by atoms with van der Waals surface area (Å²) >= 11 is 0. The Bertz CT molecular complexity index is 1920. The molecule has 5 bridgehead atoms. The van der Waals surface area contributed by atoms with Crippen LogP contribution < -0.4 is 10.1 Å². The number of aldehydes is 1. The normalized spacial score (nSPS) is 32.6. The molecule has 9 atom stereocenters. The van der Waals surface area contributed by atoms with Crippen LogP contribution in [0.4, 0.5) is 5.69 Å². The lowest BCUT2D eigenvalue weighted by atomic mass is 9.78. The van der Waals surface area contributed by atoms with Gasteiger partial charge in [-0.15, -0.1) is 0 Å². The number of hydrogen-bond acceptors (Lipinski definition) is 13. The van der Waals surface area contributed by atoms with Crippen molar-refractivity contribution in [2.45, 2.75) is 85.6 Å². The molecule has 2 aromatic rings. The first-order chi connectivity index (χ1) is 24.7. The summed E-state index contributed by atoms with van der Waals surface area (Å²) in [7, 11) is 1.40. The first kappa shape index (κ1) is 38.3. The number of phenols is 3. The van der Waals surface area contributed by atoms with E-state index in [1.54, 1.807) is 33.8 Å². The fourth-order valence-electron chi connectivity index (χ4n) is 6.82. The average Bonchev–Trinajstić information content (AvgIpc) is 3.36. The van der Waals surface area contributed by atoms with Crippen LogP contribution in [0.25, 0.3) is 10.8 Å². The average molecular weight is 727 g/mol. The van der Waals surface area contributed by atoms with Crippen molar-refractivity contribution in [3.05, 3.63) is 52.8 Å². The van der Waals surface area contributed by atoms with Crippen LogP contribution in [-0.4, -0.2) is 86.8 Å². The van der Waals surface area contributed by atoms with Crippen molar-refractivity contribution >= 4 is 40.4 Å². The number of Topliss-reactive ketones (excluding diaryl/α,β-unsaturated/α-hetero) is 1. The van der Waals surface area contributed by atoms with Crippen molar-refractivity contribution in [3.8, 4) is 23.0 Å². The third kappa shape index (κ3) is 7.10. The van der Waals surface area contributed by atoms with E-state index in [9.17, 15) is 44.7 Å². The third-order valence-electron chi connectivity index (χ3n) is 10.1. The monoisotopic (exact) mass is 726 g/mol. The number of rotatable bonds is 3. The highest BCUT2D eigenvalue weighted by atomic mass is 16.7. The molecule has 3 heterocycles. The number of ketones is 1. The van der Waals surface area contributed by atoms with Gasteiger partial charge in [0, 0.05) is 61.2 Å². The Morgan fingerprint density at radius 2 is 1.63 bits per heavy atom. The number of esters is 1. The second-order valence-electron chi connectivity index (χ2n) is 13.7. The predicted molar refractivity (Wildman–Crippen MR) is 189 cm³/mol. The lowest BCUT2D eigenvalue weighted by molar-refractivity contribution is -0.160. The number of anilines is 1. The van der Waals surface area contributed by atoms with Gasteiger partial charge in [-0.2, -0.15) is 0 Å². The van der Waals surface area contributed by atoms with Crippen molar-refractivity contribution < 1.29 is 65.0 Å². The van der Waals surface area contributed by atoms with Crippen LogP contribution in [0.1, 0.15) is 76.1 Å². The molecule has 1 amide bonds. The SMILES string of the molecule is [2H]C(=O)c1c2c(O)c3c(O)c(C)c4c(c3c1O)C(=O)[C@@](C)(O/C=C/[C@H](OC)[C@@H](C)[C@@H](OC(C)=O)[C@H](C)[C@H](O)[C@H](C)[C@@H](O)[C@@H](C)/C=C/C=C(/C)C(=O)N2)O4. The van der Waals surface area contributed by atoms with E-state index in [4.69, 9.17) is 20.3 Å². The van der Waals surface area contributed by atoms with Crippen molar-refractivity contribution in [1.82, 2.24) is 0 Å². The van der Waals surface area contributed by atoms with Gasteiger partial charge in [-0.1, -0.05) is 45.9 Å². The van der Waals surface area contributed by atoms with E-state index in [-0.39, 0.29) is 22.4 Å². The molecule has 14 nitrogen and oxygen atoms in total. The molecule has 0 aromatic heterocycles. The molecule has 0 aliphatic carbocycles. The van der Waals surface area contributed by atoms with Gasteiger partial charge in [-0.05, 0) is 19.9 Å². The summed E-state index contributed by atoms with van der Waals surface area (Å²) in [6, 6.07) is 0. The maximum absolute atomic E-state index is 14.1. The summed E-state index contributed by atoms with van der Waals surface area (Å²) in [4.78, 5) is 52.2. The van der Waals surface area contributed by atoms with Crippen LogP contribution >= 0.6 is 0 Å². The fraction of sp³-hybridized carbons (Fsp3) is 0.474. The topological polar surface area (TPSA) is 218 Å². The van der Waals surface area contributed by atoms with Crippen LogP contribution in [-0.2, 0) is 23.8 Å². The molecule has 14 heteroatoms. The minimum absolute atomic E-state index is 0.0336. The Balaban J connectivity index is 1.95. The molecule has 52 heavy (non-hydrogen) atoms. The summed E-state index contributed by atoms with van der Waals surface area (Å²) in [6.45, 7) is 12.0. The number of benzene rings is 2. The van der Waals surface area contributed by atoms with Gasteiger partial charge in [-0.25, -0.2) is 0 Å². The molecule has 0 saturated heterocycles. The molecular formula is C38H47NO13. The summed E-state index contributed by atoms with van der Waals surface area (Å²) in [5.74, 6) is -9.87. The molecule has 3 aliphatic heterocycles. The number of hydrogen-bond donors (Lipinski definition) is 6. The number of aliphatic hydroxyl groups excluding tert-OH is 2. The predicted octanol–water partition coefficient (Wildman–Crippen LogP) is 4.57. The van der Waals surface area contributed by atoms with Crippen molar-refractivity contribution in [2.24, 2.45) is 23.7 Å². The summed E-state index contributed by atoms with van der Waals surface area (Å²) < 4.78 is 31.0. The molecule has 2 aromatic carbocycles. The number of ether oxygens (including phenoxy) is 4. The Hall–Kier alpha value is -4.92. The van der Waals surface area contributed by atoms with Gasteiger partial charge < -0.3 is 49.8 Å². The molecule has 282 valence electrons. The van der Waals surface area contributed by atoms with E-state index >= 15 is 0 Å². The number of aliphatic hydroxyl groups is 2. The quantitative estimate of drug-likeness (QED) is 0.111. The van der Waals surface area contributed by atoms with Crippen LogP contribution in [0.2, 0.25) is 0 Å². The van der Waals surface area contributed by atoms with Gasteiger partial charge in [0.1, 0.15) is 24.7 Å². The second kappa shape index (κ2) is 15.4. The van der Waals surface area contributed by atoms with Crippen LogP contribution in [0.15, 0.2) is 36.1 Å². The number of nitrogens with one attached hydrogen (secondary N) is 1. The number of phenolic OH excluding ortho intramolecular Hbond substituents is 3. The van der Waals surface area contributed by atoms with Crippen molar-refractivity contribution in [2.75, 3.05) is 12.4 Å². The van der Waals surface area contributed by atoms with E-state index in [1.165, 1.54) is 53.0 Å². The maximum Gasteiger partial charge on any atom is 0.312 e. The molecule has 0 fully saturated rings. The van der Waals surface area contributed by atoms with Gasteiger partial charge in [-0.3, -0.25) is 19.2 Å². The molecule has 0 saturated carbocycles. The van der Waals surface area contributed by atoms with E-state index in [0.717, 1.165) is 6.26 Å². The van der Waals surface area contributed by atoms with Gasteiger partial charge in [0.05, 0.1) is 46.8 Å². The van der Waals surface area contributed by atoms with Gasteiger partial charge in [0.2, 0.25) is 0 Å². The second-order valence-corrected chi connectivity index (χ2v) is 13.7. The highest BCUT2D eigenvalue weighted by Gasteiger charge is 2.50. The zero-order valence-electron chi connectivity index (χ0n) is 31.5. The minimum Gasteiger partial charge on any atom is -0.507 e. The number of carbonyl (C=O) groups excluding carboxylic acids is 4. The molecule has 0 unspecified atom stereocenters. The lowest BCUT2D eigenvalue weighted by Gasteiger charge is -2.38. The number of fused-ring (bicyclic) bond motifs is 14. The van der Waals surface area contributed by atoms with Crippen LogP contribution in [0, 0.1) is 30.6 Å². The van der Waals surface area contributed by atoms with E-state index in [1.807, 2.05) is 0 Å². The summed E-state index contributed by atoms with van der Waals surface area (Å²) in [6.07, 6.45) is 1.47. The van der Waals surface area contributed by atoms with Crippen molar-refractivity contribution in [3.63, 3.8) is 0 Å². The molecule has 0 radical (unpaired) electrons. The molecular weight excluding hydrogens is 678 g/mol. The number of amides is 1. The molecule has 0 spiro atoms. The first-order valence-corrected chi connectivity index (χ1v) is 16.8. The molecule has 3 aliphatic rings. The van der Waals surface area contributed by atoms with Gasteiger partial charge >= 0.3 is 11.8 Å². The fourth-order valence-corrected chi connectivity index (χ4v) is 6.82. The van der Waals surface area contributed by atoms with E-state index in [0.29, 0.717) is 0 Å². The Morgan fingerprint density at radius 1 is 0.981 bits per heavy atom. The Labute approximate surface area is 302 Å². The summed E-state index contributed by atoms with van der Waals surface area (Å²) in [5, 5.41) is 58.1. The van der Waals surface area contributed by atoms with E-state index in [2.05, 4.69) is 5.32 Å². The van der Waals surface area contributed by atoms with Crippen LogP contribution in [0.3, 0.4) is 0 Å². The largest absolute Gasteiger partial charge is 0.507 e. The number of aromatic hydroxyl groups is 3. The standard InChI is InChI=1S/C38H47NO13/c1-16-11-10-12-17(2)37(48)39-28-23(15-40)32(45)25-26(33(28)46)31(44)21(6)35-27(25)36(47)38(8,52-35)50-14-13-24(49-9)18(3)34(51-22(7)41)20(5)30(43)19(4)29(16)42/h10-16,18-20,24,29-30,34,42-46H,1-9H3,(H,39,48)/b11-10+,14-13+,17-12-/t16-,18+,19+,20+,24-,29-,30+,34+,38-/m0/s1/i15D. The van der Waals surface area contributed by atoms with Crippen molar-refractivity contribution in [1.29, 1.82) is 0 Å². The maximum atomic E-state index is 14.1. The Morgan fingerprint density at radius 3 is 2.23 bits per heavy atom.